The predicted molar refractivity (Wildman–Crippen MR) is 78.4 cm³/mol. The van der Waals surface area contributed by atoms with Crippen LogP contribution >= 0.6 is 27.5 Å². The SMILES string of the molecule is CC(C)(C)[C@H](NCc1cccc(Cl)c1Br)C(N)=O. The Labute approximate surface area is 121 Å². The summed E-state index contributed by atoms with van der Waals surface area (Å²) in [6.07, 6.45) is 0. The second-order valence-electron chi connectivity index (χ2n) is 5.30. The van der Waals surface area contributed by atoms with E-state index in [9.17, 15) is 4.79 Å². The van der Waals surface area contributed by atoms with Crippen LogP contribution in [-0.4, -0.2) is 11.9 Å². The molecule has 0 heterocycles. The monoisotopic (exact) mass is 332 g/mol. The topological polar surface area (TPSA) is 55.1 Å². The summed E-state index contributed by atoms with van der Waals surface area (Å²) in [6, 6.07) is 5.25. The van der Waals surface area contributed by atoms with Gasteiger partial charge in [0.1, 0.15) is 0 Å². The molecule has 1 amide bonds. The van der Waals surface area contributed by atoms with E-state index in [-0.39, 0.29) is 17.4 Å². The number of carbonyl (C=O) groups excluding carboxylic acids is 1. The van der Waals surface area contributed by atoms with Crippen LogP contribution in [0.3, 0.4) is 0 Å². The molecule has 0 saturated carbocycles. The predicted octanol–water partition coefficient (Wildman–Crippen LogP) is 3.09. The van der Waals surface area contributed by atoms with E-state index in [1.807, 2.05) is 39.0 Å². The summed E-state index contributed by atoms with van der Waals surface area (Å²) < 4.78 is 0.844. The fraction of sp³-hybridized carbons (Fsp3) is 0.462. The lowest BCUT2D eigenvalue weighted by atomic mass is 9.86. The average Bonchev–Trinajstić information content (AvgIpc) is 2.22. The Bertz CT molecular complexity index is 443. The highest BCUT2D eigenvalue weighted by molar-refractivity contribution is 9.10. The first kappa shape index (κ1) is 15.5. The van der Waals surface area contributed by atoms with Crippen molar-refractivity contribution in [3.63, 3.8) is 0 Å². The van der Waals surface area contributed by atoms with Gasteiger partial charge in [0.2, 0.25) is 5.91 Å². The summed E-state index contributed by atoms with van der Waals surface area (Å²) in [5, 5.41) is 3.83. The highest BCUT2D eigenvalue weighted by atomic mass is 79.9. The lowest BCUT2D eigenvalue weighted by Gasteiger charge is -2.29. The van der Waals surface area contributed by atoms with E-state index in [0.29, 0.717) is 11.6 Å². The Balaban J connectivity index is 2.80. The van der Waals surface area contributed by atoms with Crippen LogP contribution in [0, 0.1) is 5.41 Å². The number of rotatable bonds is 4. The number of carbonyl (C=O) groups is 1. The fourth-order valence-electron chi connectivity index (χ4n) is 1.73. The van der Waals surface area contributed by atoms with E-state index >= 15 is 0 Å². The van der Waals surface area contributed by atoms with Crippen LogP contribution in [0.1, 0.15) is 26.3 Å². The summed E-state index contributed by atoms with van der Waals surface area (Å²) >= 11 is 9.44. The summed E-state index contributed by atoms with van der Waals surface area (Å²) in [4.78, 5) is 11.4. The Morgan fingerprint density at radius 3 is 2.61 bits per heavy atom. The van der Waals surface area contributed by atoms with Crippen molar-refractivity contribution in [2.24, 2.45) is 11.1 Å². The summed E-state index contributed by atoms with van der Waals surface area (Å²) in [7, 11) is 0. The molecule has 0 saturated heterocycles. The zero-order valence-electron chi connectivity index (χ0n) is 10.8. The zero-order chi connectivity index (χ0) is 13.9. The van der Waals surface area contributed by atoms with Crippen LogP contribution in [0.4, 0.5) is 0 Å². The Morgan fingerprint density at radius 1 is 1.50 bits per heavy atom. The maximum atomic E-state index is 11.4. The summed E-state index contributed by atoms with van der Waals surface area (Å²) in [5.41, 5.74) is 6.19. The number of halogens is 2. The number of benzene rings is 1. The molecule has 0 bridgehead atoms. The molecule has 0 aliphatic rings. The van der Waals surface area contributed by atoms with Crippen molar-refractivity contribution in [3.8, 4) is 0 Å². The van der Waals surface area contributed by atoms with Crippen molar-refractivity contribution in [1.82, 2.24) is 5.32 Å². The van der Waals surface area contributed by atoms with Gasteiger partial charge in [0.15, 0.2) is 0 Å². The molecule has 100 valence electrons. The van der Waals surface area contributed by atoms with E-state index in [1.165, 1.54) is 0 Å². The highest BCUT2D eigenvalue weighted by Gasteiger charge is 2.29. The van der Waals surface area contributed by atoms with Crippen molar-refractivity contribution < 1.29 is 4.79 Å². The molecule has 1 aromatic carbocycles. The Kier molecular flexibility index (Phi) is 5.20. The maximum absolute atomic E-state index is 11.4. The standard InChI is InChI=1S/C13H18BrClN2O/c1-13(2,3)11(12(16)18)17-7-8-5-4-6-9(15)10(8)14/h4-6,11,17H,7H2,1-3H3,(H2,16,18)/t11-/m1/s1. The number of nitrogens with two attached hydrogens (primary N) is 1. The fourth-order valence-corrected chi connectivity index (χ4v) is 2.33. The molecule has 18 heavy (non-hydrogen) atoms. The van der Waals surface area contributed by atoms with Crippen LogP contribution in [-0.2, 0) is 11.3 Å². The zero-order valence-corrected chi connectivity index (χ0v) is 13.1. The molecule has 0 aliphatic carbocycles. The van der Waals surface area contributed by atoms with Gasteiger partial charge in [0.25, 0.3) is 0 Å². The van der Waals surface area contributed by atoms with E-state index < -0.39 is 0 Å². The van der Waals surface area contributed by atoms with Gasteiger partial charge in [-0.3, -0.25) is 4.79 Å². The molecule has 0 fully saturated rings. The Morgan fingerprint density at radius 2 is 2.11 bits per heavy atom. The number of nitrogens with one attached hydrogen (secondary N) is 1. The van der Waals surface area contributed by atoms with Crippen LogP contribution in [0.2, 0.25) is 5.02 Å². The molecule has 5 heteroatoms. The molecule has 3 N–H and O–H groups in total. The van der Waals surface area contributed by atoms with Crippen molar-refractivity contribution in [3.05, 3.63) is 33.3 Å². The molecule has 3 nitrogen and oxygen atoms in total. The third kappa shape index (κ3) is 3.97. The smallest absolute Gasteiger partial charge is 0.235 e. The quantitative estimate of drug-likeness (QED) is 0.889. The lowest BCUT2D eigenvalue weighted by Crippen LogP contribution is -2.49. The van der Waals surface area contributed by atoms with Crippen molar-refractivity contribution in [2.75, 3.05) is 0 Å². The number of hydrogen-bond acceptors (Lipinski definition) is 2. The molecule has 0 radical (unpaired) electrons. The van der Waals surface area contributed by atoms with Gasteiger partial charge in [-0.15, -0.1) is 0 Å². The molecule has 0 unspecified atom stereocenters. The largest absolute Gasteiger partial charge is 0.368 e. The van der Waals surface area contributed by atoms with E-state index in [1.54, 1.807) is 0 Å². The van der Waals surface area contributed by atoms with E-state index in [0.717, 1.165) is 10.0 Å². The van der Waals surface area contributed by atoms with Gasteiger partial charge < -0.3 is 11.1 Å². The number of hydrogen-bond donors (Lipinski definition) is 2. The third-order valence-corrected chi connectivity index (χ3v) is 4.16. The van der Waals surface area contributed by atoms with E-state index in [4.69, 9.17) is 17.3 Å². The van der Waals surface area contributed by atoms with Crippen LogP contribution in [0.5, 0.6) is 0 Å². The first-order valence-electron chi connectivity index (χ1n) is 5.69. The molecule has 0 aliphatic heterocycles. The van der Waals surface area contributed by atoms with Crippen molar-refractivity contribution in [2.45, 2.75) is 33.4 Å². The molecule has 0 aromatic heterocycles. The van der Waals surface area contributed by atoms with E-state index in [2.05, 4.69) is 21.2 Å². The van der Waals surface area contributed by atoms with Crippen molar-refractivity contribution in [1.29, 1.82) is 0 Å². The first-order valence-corrected chi connectivity index (χ1v) is 6.86. The van der Waals surface area contributed by atoms with Gasteiger partial charge in [-0.05, 0) is 33.0 Å². The molecule has 1 rings (SSSR count). The van der Waals surface area contributed by atoms with Gasteiger partial charge in [0.05, 0.1) is 11.1 Å². The average molecular weight is 334 g/mol. The highest BCUT2D eigenvalue weighted by Crippen LogP contribution is 2.26. The third-order valence-electron chi connectivity index (χ3n) is 2.68. The minimum Gasteiger partial charge on any atom is -0.368 e. The molecular weight excluding hydrogens is 316 g/mol. The molecule has 1 atom stereocenters. The van der Waals surface area contributed by atoms with Crippen LogP contribution in [0.15, 0.2) is 22.7 Å². The maximum Gasteiger partial charge on any atom is 0.235 e. The normalized spacial score (nSPS) is 13.4. The lowest BCUT2D eigenvalue weighted by molar-refractivity contribution is -0.122. The second kappa shape index (κ2) is 6.04. The number of primary amides is 1. The Hall–Kier alpha value is -0.580. The van der Waals surface area contributed by atoms with Crippen LogP contribution in [0.25, 0.3) is 0 Å². The van der Waals surface area contributed by atoms with Crippen molar-refractivity contribution >= 4 is 33.4 Å². The minimum absolute atomic E-state index is 0.225. The summed E-state index contributed by atoms with van der Waals surface area (Å²) in [6.45, 7) is 6.46. The van der Waals surface area contributed by atoms with Gasteiger partial charge >= 0.3 is 0 Å². The van der Waals surface area contributed by atoms with Crippen LogP contribution < -0.4 is 11.1 Å². The molecule has 1 aromatic rings. The van der Waals surface area contributed by atoms with Gasteiger partial charge in [-0.25, -0.2) is 0 Å². The molecular formula is C13H18BrClN2O. The minimum atomic E-state index is -0.386. The van der Waals surface area contributed by atoms with Gasteiger partial charge in [-0.2, -0.15) is 0 Å². The van der Waals surface area contributed by atoms with Gasteiger partial charge in [0, 0.05) is 11.0 Å². The number of amides is 1. The second-order valence-corrected chi connectivity index (χ2v) is 6.50. The first-order chi connectivity index (χ1) is 8.23. The summed E-state index contributed by atoms with van der Waals surface area (Å²) in [5.74, 6) is -0.347. The molecule has 0 spiro atoms. The van der Waals surface area contributed by atoms with Gasteiger partial charge in [-0.1, -0.05) is 44.5 Å².